The molecule has 1 aromatic rings. The number of rotatable bonds is 6. The van der Waals surface area contributed by atoms with Gasteiger partial charge in [0.2, 0.25) is 0 Å². The van der Waals surface area contributed by atoms with E-state index in [0.29, 0.717) is 25.4 Å². The minimum atomic E-state index is -0.180. The Hall–Kier alpha value is -1.82. The molecule has 0 aliphatic carbocycles. The summed E-state index contributed by atoms with van der Waals surface area (Å²) in [5.74, 6) is 0.566. The Morgan fingerprint density at radius 2 is 2.09 bits per heavy atom. The topological polar surface area (TPSA) is 48.9 Å². The Labute approximate surface area is 137 Å². The van der Waals surface area contributed by atoms with E-state index in [1.165, 1.54) is 0 Å². The summed E-state index contributed by atoms with van der Waals surface area (Å²) in [6, 6.07) is 5.41. The second kappa shape index (κ2) is 9.35. The average molecular weight is 322 g/mol. The molecular formula is C17H27FN4O. The van der Waals surface area contributed by atoms with Crippen molar-refractivity contribution in [1.29, 1.82) is 0 Å². The molecule has 0 spiro atoms. The van der Waals surface area contributed by atoms with Gasteiger partial charge in [-0.1, -0.05) is 19.4 Å². The van der Waals surface area contributed by atoms with Gasteiger partial charge >= 0.3 is 0 Å². The molecule has 1 fully saturated rings. The van der Waals surface area contributed by atoms with E-state index in [1.54, 1.807) is 13.1 Å². The zero-order chi connectivity index (χ0) is 16.5. The second-order valence-electron chi connectivity index (χ2n) is 5.59. The van der Waals surface area contributed by atoms with Crippen LogP contribution in [0.15, 0.2) is 23.2 Å². The number of aliphatic imine (C=N–C) groups is 1. The average Bonchev–Trinajstić information content (AvgIpc) is 2.59. The molecule has 1 saturated heterocycles. The monoisotopic (exact) mass is 322 g/mol. The molecule has 0 saturated carbocycles. The van der Waals surface area contributed by atoms with Crippen LogP contribution in [0.3, 0.4) is 0 Å². The first-order valence-corrected chi connectivity index (χ1v) is 8.30. The molecule has 5 nitrogen and oxygen atoms in total. The van der Waals surface area contributed by atoms with Crippen molar-refractivity contribution in [2.75, 3.05) is 44.8 Å². The highest BCUT2D eigenvalue weighted by molar-refractivity contribution is 5.79. The fourth-order valence-electron chi connectivity index (χ4n) is 2.51. The van der Waals surface area contributed by atoms with Crippen molar-refractivity contribution in [1.82, 2.24) is 10.6 Å². The number of unbranched alkanes of at least 4 members (excludes halogenated alkanes) is 1. The highest BCUT2D eigenvalue weighted by Gasteiger charge is 2.15. The third-order valence-electron chi connectivity index (χ3n) is 3.87. The smallest absolute Gasteiger partial charge is 0.191 e. The third-order valence-corrected chi connectivity index (χ3v) is 3.87. The number of hydrogen-bond donors (Lipinski definition) is 2. The van der Waals surface area contributed by atoms with Crippen LogP contribution in [0.25, 0.3) is 0 Å². The summed E-state index contributed by atoms with van der Waals surface area (Å²) in [6.45, 7) is 6.37. The van der Waals surface area contributed by atoms with Gasteiger partial charge in [0.15, 0.2) is 5.96 Å². The third kappa shape index (κ3) is 5.39. The lowest BCUT2D eigenvalue weighted by Crippen LogP contribution is -2.37. The summed E-state index contributed by atoms with van der Waals surface area (Å²) in [7, 11) is 1.74. The molecule has 0 atom stereocenters. The van der Waals surface area contributed by atoms with E-state index in [4.69, 9.17) is 4.74 Å². The first-order chi connectivity index (χ1) is 11.2. The van der Waals surface area contributed by atoms with Crippen LogP contribution < -0.4 is 15.5 Å². The van der Waals surface area contributed by atoms with Crippen molar-refractivity contribution in [3.8, 4) is 0 Å². The Kier molecular flexibility index (Phi) is 7.13. The lowest BCUT2D eigenvalue weighted by molar-refractivity contribution is 0.122. The number of nitrogens with one attached hydrogen (secondary N) is 2. The lowest BCUT2D eigenvalue weighted by atomic mass is 10.1. The van der Waals surface area contributed by atoms with Gasteiger partial charge in [-0.15, -0.1) is 0 Å². The van der Waals surface area contributed by atoms with E-state index in [0.717, 1.165) is 44.0 Å². The maximum absolute atomic E-state index is 14.3. The van der Waals surface area contributed by atoms with E-state index in [9.17, 15) is 4.39 Å². The van der Waals surface area contributed by atoms with Gasteiger partial charge in [-0.3, -0.25) is 4.99 Å². The minimum Gasteiger partial charge on any atom is -0.378 e. The number of benzene rings is 1. The number of nitrogens with zero attached hydrogens (tertiary/aromatic N) is 2. The largest absolute Gasteiger partial charge is 0.378 e. The number of anilines is 1. The second-order valence-corrected chi connectivity index (χ2v) is 5.59. The number of ether oxygens (including phenoxy) is 1. The van der Waals surface area contributed by atoms with Gasteiger partial charge in [-0.25, -0.2) is 4.39 Å². The van der Waals surface area contributed by atoms with Crippen LogP contribution in [0, 0.1) is 5.82 Å². The molecular weight excluding hydrogens is 295 g/mol. The number of hydrogen-bond acceptors (Lipinski definition) is 3. The number of guanidine groups is 1. The van der Waals surface area contributed by atoms with Crippen molar-refractivity contribution in [2.45, 2.75) is 26.3 Å². The molecule has 128 valence electrons. The van der Waals surface area contributed by atoms with Gasteiger partial charge in [0.05, 0.1) is 18.9 Å². The van der Waals surface area contributed by atoms with E-state index in [1.807, 2.05) is 17.0 Å². The zero-order valence-corrected chi connectivity index (χ0v) is 14.1. The van der Waals surface area contributed by atoms with E-state index < -0.39 is 0 Å². The summed E-state index contributed by atoms with van der Waals surface area (Å²) in [5, 5.41) is 6.45. The molecule has 23 heavy (non-hydrogen) atoms. The van der Waals surface area contributed by atoms with Crippen molar-refractivity contribution < 1.29 is 9.13 Å². The molecule has 0 aromatic heterocycles. The lowest BCUT2D eigenvalue weighted by Gasteiger charge is -2.29. The van der Waals surface area contributed by atoms with E-state index >= 15 is 0 Å². The molecule has 2 rings (SSSR count). The number of morpholine rings is 1. The quantitative estimate of drug-likeness (QED) is 0.478. The fourth-order valence-corrected chi connectivity index (χ4v) is 2.51. The van der Waals surface area contributed by atoms with Crippen molar-refractivity contribution in [3.05, 3.63) is 29.6 Å². The Balaban J connectivity index is 1.89. The molecule has 1 heterocycles. The first kappa shape index (κ1) is 17.5. The maximum Gasteiger partial charge on any atom is 0.191 e. The van der Waals surface area contributed by atoms with Crippen molar-refractivity contribution in [2.24, 2.45) is 4.99 Å². The van der Waals surface area contributed by atoms with Crippen molar-refractivity contribution in [3.63, 3.8) is 0 Å². The van der Waals surface area contributed by atoms with Crippen LogP contribution in [0.2, 0.25) is 0 Å². The predicted molar refractivity (Wildman–Crippen MR) is 92.5 cm³/mol. The fraction of sp³-hybridized carbons (Fsp3) is 0.588. The van der Waals surface area contributed by atoms with E-state index in [-0.39, 0.29) is 5.82 Å². The molecule has 1 aliphatic heterocycles. The summed E-state index contributed by atoms with van der Waals surface area (Å²) in [4.78, 5) is 6.20. The molecule has 0 amide bonds. The first-order valence-electron chi connectivity index (χ1n) is 8.30. The molecule has 2 N–H and O–H groups in total. The minimum absolute atomic E-state index is 0.180. The molecule has 1 aromatic carbocycles. The van der Waals surface area contributed by atoms with Gasteiger partial charge < -0.3 is 20.3 Å². The van der Waals surface area contributed by atoms with Crippen LogP contribution in [0.4, 0.5) is 10.1 Å². The molecule has 0 radical (unpaired) electrons. The van der Waals surface area contributed by atoms with Crippen LogP contribution in [-0.4, -0.2) is 45.9 Å². The maximum atomic E-state index is 14.3. The van der Waals surface area contributed by atoms with Gasteiger partial charge in [-0.2, -0.15) is 0 Å². The summed E-state index contributed by atoms with van der Waals surface area (Å²) >= 11 is 0. The summed E-state index contributed by atoms with van der Waals surface area (Å²) in [5.41, 5.74) is 1.56. The summed E-state index contributed by atoms with van der Waals surface area (Å²) in [6.07, 6.45) is 2.24. The normalized spacial score (nSPS) is 15.6. The van der Waals surface area contributed by atoms with Gasteiger partial charge in [-0.05, 0) is 24.1 Å². The molecule has 1 aliphatic rings. The predicted octanol–water partition coefficient (Wildman–Crippen LogP) is 2.13. The van der Waals surface area contributed by atoms with Crippen LogP contribution >= 0.6 is 0 Å². The number of halogens is 1. The van der Waals surface area contributed by atoms with Crippen LogP contribution in [0.5, 0.6) is 0 Å². The summed E-state index contributed by atoms with van der Waals surface area (Å²) < 4.78 is 19.6. The standard InChI is InChI=1S/C17H27FN4O/c1-3-4-7-20-17(19-2)21-13-14-5-6-16(15(18)12-14)22-8-10-23-11-9-22/h5-6,12H,3-4,7-11,13H2,1-2H3,(H2,19,20,21). The van der Waals surface area contributed by atoms with Gasteiger partial charge in [0.25, 0.3) is 0 Å². The van der Waals surface area contributed by atoms with E-state index in [2.05, 4.69) is 22.5 Å². The SMILES string of the molecule is CCCCNC(=NC)NCc1ccc(N2CCOCC2)c(F)c1. The molecule has 6 heteroatoms. The van der Waals surface area contributed by atoms with Gasteiger partial charge in [0, 0.05) is 33.2 Å². The zero-order valence-electron chi connectivity index (χ0n) is 14.1. The van der Waals surface area contributed by atoms with Gasteiger partial charge in [0.1, 0.15) is 5.82 Å². The Morgan fingerprint density at radius 1 is 1.30 bits per heavy atom. The highest BCUT2D eigenvalue weighted by atomic mass is 19.1. The van der Waals surface area contributed by atoms with Crippen LogP contribution in [-0.2, 0) is 11.3 Å². The Morgan fingerprint density at radius 3 is 2.74 bits per heavy atom. The molecule has 0 unspecified atom stereocenters. The van der Waals surface area contributed by atoms with Crippen LogP contribution in [0.1, 0.15) is 25.3 Å². The van der Waals surface area contributed by atoms with Crippen molar-refractivity contribution >= 4 is 11.6 Å². The molecule has 0 bridgehead atoms. The Bertz CT molecular complexity index is 515. The highest BCUT2D eigenvalue weighted by Crippen LogP contribution is 2.21.